The summed E-state index contributed by atoms with van der Waals surface area (Å²) in [6.45, 7) is 0.318. The average Bonchev–Trinajstić information content (AvgIpc) is 3.12. The van der Waals surface area contributed by atoms with Crippen LogP contribution >= 0.6 is 0 Å². The van der Waals surface area contributed by atoms with Gasteiger partial charge in [-0.25, -0.2) is 17.8 Å². The molecule has 3 aromatic rings. The summed E-state index contributed by atoms with van der Waals surface area (Å²) >= 11 is 0. The Balaban J connectivity index is 1.88. The molecule has 0 amide bonds. The lowest BCUT2D eigenvalue weighted by Crippen LogP contribution is -2.29. The number of H-pyrrole nitrogens is 1. The number of fused-ring (bicyclic) bond motifs is 1. The van der Waals surface area contributed by atoms with Crippen LogP contribution in [0.1, 0.15) is 23.6 Å². The Morgan fingerprint density at radius 2 is 2.13 bits per heavy atom. The summed E-state index contributed by atoms with van der Waals surface area (Å²) < 4.78 is 44.1. The van der Waals surface area contributed by atoms with Gasteiger partial charge in [0.1, 0.15) is 23.3 Å². The van der Waals surface area contributed by atoms with E-state index in [9.17, 15) is 18.1 Å². The van der Waals surface area contributed by atoms with Gasteiger partial charge in [0.05, 0.1) is 18.9 Å². The van der Waals surface area contributed by atoms with Crippen molar-refractivity contribution in [2.75, 3.05) is 19.9 Å². The number of ether oxygens (including phenoxy) is 1. The van der Waals surface area contributed by atoms with Gasteiger partial charge in [0.15, 0.2) is 0 Å². The van der Waals surface area contributed by atoms with E-state index in [1.54, 1.807) is 24.4 Å². The number of nitrogens with zero attached hydrogens (tertiary/aromatic N) is 3. The monoisotopic (exact) mass is 426 g/mol. The van der Waals surface area contributed by atoms with Gasteiger partial charge in [0.25, 0.3) is 0 Å². The third kappa shape index (κ3) is 3.39. The Bertz CT molecular complexity index is 1310. The molecule has 1 unspecified atom stereocenters. The molecule has 0 saturated carbocycles. The zero-order chi connectivity index (χ0) is 21.5. The highest BCUT2D eigenvalue weighted by Crippen LogP contribution is 2.39. The zero-order valence-electron chi connectivity index (χ0n) is 16.4. The molecule has 7 nitrogen and oxygen atoms in total. The minimum absolute atomic E-state index is 0.172. The lowest BCUT2D eigenvalue weighted by molar-refractivity contribution is 0.415. The maximum atomic E-state index is 14.0. The predicted molar refractivity (Wildman–Crippen MR) is 111 cm³/mol. The van der Waals surface area contributed by atoms with Gasteiger partial charge in [-0.05, 0) is 36.2 Å². The number of halogens is 1. The van der Waals surface area contributed by atoms with Crippen molar-refractivity contribution >= 4 is 21.1 Å². The van der Waals surface area contributed by atoms with Gasteiger partial charge in [-0.2, -0.15) is 5.26 Å². The van der Waals surface area contributed by atoms with Crippen molar-refractivity contribution in [2.45, 2.75) is 12.3 Å². The third-order valence-corrected chi connectivity index (χ3v) is 6.39. The summed E-state index contributed by atoms with van der Waals surface area (Å²) in [5.41, 5.74) is 2.72. The fourth-order valence-corrected chi connectivity index (χ4v) is 4.53. The highest BCUT2D eigenvalue weighted by Gasteiger charge is 2.26. The van der Waals surface area contributed by atoms with Crippen LogP contribution in [-0.2, 0) is 10.0 Å². The largest absolute Gasteiger partial charge is 0.496 e. The highest BCUT2D eigenvalue weighted by atomic mass is 32.2. The van der Waals surface area contributed by atoms with Crippen molar-refractivity contribution < 1.29 is 17.5 Å². The van der Waals surface area contributed by atoms with E-state index in [-0.39, 0.29) is 5.92 Å². The molecule has 1 aliphatic rings. The second-order valence-electron chi connectivity index (χ2n) is 7.06. The van der Waals surface area contributed by atoms with Crippen LogP contribution in [0.2, 0.25) is 0 Å². The fourth-order valence-electron chi connectivity index (χ4n) is 3.80. The quantitative estimate of drug-likeness (QED) is 0.688. The number of benzene rings is 1. The summed E-state index contributed by atoms with van der Waals surface area (Å²) in [6, 6.07) is 8.19. The number of hydrogen-bond donors (Lipinski definition) is 1. The molecule has 154 valence electrons. The number of allylic oxidation sites excluding steroid dienone is 1. The van der Waals surface area contributed by atoms with Crippen LogP contribution in [0.15, 0.2) is 42.7 Å². The molecule has 2 aromatic heterocycles. The molecule has 9 heteroatoms. The van der Waals surface area contributed by atoms with Crippen molar-refractivity contribution in [2.24, 2.45) is 0 Å². The number of aromatic amines is 1. The molecule has 0 fully saturated rings. The second kappa shape index (κ2) is 7.46. The van der Waals surface area contributed by atoms with E-state index >= 15 is 0 Å². The predicted octanol–water partition coefficient (Wildman–Crippen LogP) is 3.51. The minimum Gasteiger partial charge on any atom is -0.496 e. The molecule has 0 spiro atoms. The smallest absolute Gasteiger partial charge is 0.231 e. The van der Waals surface area contributed by atoms with Crippen LogP contribution in [0.3, 0.4) is 0 Å². The molecule has 0 saturated heterocycles. The molecule has 1 aliphatic heterocycles. The standard InChI is InChI=1S/C21H19FN4O3S/c1-29-18-4-3-14(22)11-16(18)15-5-8-24-21-19(15)17(12-23)20(25-21)13-6-9-26(10-7-13)30(2,27)28/h3-6,8-9,11,13H,7,10H2,1-2H3,(H,24,25). The Kier molecular flexibility index (Phi) is 4.95. The van der Waals surface area contributed by atoms with Crippen LogP contribution in [0.4, 0.5) is 4.39 Å². The first-order valence-electron chi connectivity index (χ1n) is 9.23. The Hall–Kier alpha value is -3.38. The van der Waals surface area contributed by atoms with Crippen LogP contribution in [0.5, 0.6) is 5.75 Å². The van der Waals surface area contributed by atoms with Gasteiger partial charge in [-0.15, -0.1) is 0 Å². The number of methoxy groups -OCH3 is 1. The maximum Gasteiger partial charge on any atom is 0.231 e. The van der Waals surface area contributed by atoms with Crippen molar-refractivity contribution in [3.8, 4) is 22.9 Å². The number of rotatable bonds is 4. The molecule has 1 atom stereocenters. The van der Waals surface area contributed by atoms with Gasteiger partial charge >= 0.3 is 0 Å². The summed E-state index contributed by atoms with van der Waals surface area (Å²) in [4.78, 5) is 7.57. The molecule has 3 heterocycles. The Morgan fingerprint density at radius 1 is 1.33 bits per heavy atom. The topological polar surface area (TPSA) is 99.1 Å². The number of aromatic nitrogens is 2. The summed E-state index contributed by atoms with van der Waals surface area (Å²) in [5.74, 6) is -0.105. The van der Waals surface area contributed by atoms with E-state index in [1.807, 2.05) is 0 Å². The van der Waals surface area contributed by atoms with Gasteiger partial charge < -0.3 is 9.72 Å². The SMILES string of the molecule is COc1ccc(F)cc1-c1ccnc2[nH]c(C3C=CN(S(C)(=O)=O)CC3)c(C#N)c12. The van der Waals surface area contributed by atoms with Crippen LogP contribution < -0.4 is 4.74 Å². The van der Waals surface area contributed by atoms with E-state index < -0.39 is 15.8 Å². The molecule has 0 bridgehead atoms. The fraction of sp³-hybridized carbons (Fsp3) is 0.238. The number of sulfonamides is 1. The lowest BCUT2D eigenvalue weighted by atomic mass is 9.94. The summed E-state index contributed by atoms with van der Waals surface area (Å²) in [5, 5.41) is 10.5. The van der Waals surface area contributed by atoms with E-state index in [1.165, 1.54) is 29.7 Å². The van der Waals surface area contributed by atoms with Crippen LogP contribution in [0.25, 0.3) is 22.2 Å². The van der Waals surface area contributed by atoms with E-state index in [0.29, 0.717) is 52.1 Å². The maximum absolute atomic E-state index is 14.0. The summed E-state index contributed by atoms with van der Waals surface area (Å²) in [6.07, 6.45) is 6.55. The lowest BCUT2D eigenvalue weighted by Gasteiger charge is -2.25. The van der Waals surface area contributed by atoms with Crippen molar-refractivity contribution in [1.82, 2.24) is 14.3 Å². The van der Waals surface area contributed by atoms with Crippen LogP contribution in [0, 0.1) is 17.1 Å². The van der Waals surface area contributed by atoms with Crippen molar-refractivity contribution in [1.29, 1.82) is 5.26 Å². The molecular weight excluding hydrogens is 407 g/mol. The van der Waals surface area contributed by atoms with Crippen molar-refractivity contribution in [3.05, 3.63) is 59.8 Å². The second-order valence-corrected chi connectivity index (χ2v) is 9.00. The summed E-state index contributed by atoms with van der Waals surface area (Å²) in [7, 11) is -1.81. The van der Waals surface area contributed by atoms with E-state index in [0.717, 1.165) is 6.26 Å². The molecule has 0 radical (unpaired) electrons. The first-order chi connectivity index (χ1) is 14.3. The van der Waals surface area contributed by atoms with Gasteiger partial charge in [-0.1, -0.05) is 6.08 Å². The highest BCUT2D eigenvalue weighted by molar-refractivity contribution is 7.88. The Morgan fingerprint density at radius 3 is 2.77 bits per heavy atom. The zero-order valence-corrected chi connectivity index (χ0v) is 17.2. The van der Waals surface area contributed by atoms with Gasteiger partial charge in [-0.3, -0.25) is 4.31 Å². The molecule has 1 aromatic carbocycles. The number of nitrogens with one attached hydrogen (secondary N) is 1. The molecule has 1 N–H and O–H groups in total. The van der Waals surface area contributed by atoms with Crippen molar-refractivity contribution in [3.63, 3.8) is 0 Å². The number of nitriles is 1. The van der Waals surface area contributed by atoms with Gasteiger partial charge in [0.2, 0.25) is 10.0 Å². The minimum atomic E-state index is -3.32. The third-order valence-electron chi connectivity index (χ3n) is 5.23. The molecule has 30 heavy (non-hydrogen) atoms. The van der Waals surface area contributed by atoms with E-state index in [4.69, 9.17) is 4.74 Å². The molecular formula is C21H19FN4O3S. The van der Waals surface area contributed by atoms with Crippen LogP contribution in [-0.4, -0.2) is 42.6 Å². The number of hydrogen-bond acceptors (Lipinski definition) is 5. The molecule has 0 aliphatic carbocycles. The molecule has 4 rings (SSSR count). The first-order valence-corrected chi connectivity index (χ1v) is 11.1. The number of pyridine rings is 1. The first kappa shape index (κ1) is 19.9. The van der Waals surface area contributed by atoms with E-state index in [2.05, 4.69) is 16.0 Å². The normalized spacial score (nSPS) is 16.6. The Labute approximate surface area is 173 Å². The average molecular weight is 426 g/mol. The van der Waals surface area contributed by atoms with Gasteiger partial charge in [0, 0.05) is 41.5 Å².